The highest BCUT2D eigenvalue weighted by atomic mass is 16.2. The molecule has 4 nitrogen and oxygen atoms in total. The summed E-state index contributed by atoms with van der Waals surface area (Å²) in [5, 5.41) is 3.30. The van der Waals surface area contributed by atoms with Crippen LogP contribution in [0.4, 0.5) is 0 Å². The number of carbonyl (C=O) groups excluding carboxylic acids is 1. The van der Waals surface area contributed by atoms with E-state index in [1.807, 2.05) is 4.90 Å². The number of carbonyl (C=O) groups is 1. The standard InChI is InChI=1S/C12H25N3O/c1-3-5-11(13)12(16)15(8-4-2)10-6-7-14-9-10/h10-11,14H,3-9,13H2,1-2H3. The van der Waals surface area contributed by atoms with Crippen LogP contribution in [0.3, 0.4) is 0 Å². The molecule has 0 spiro atoms. The van der Waals surface area contributed by atoms with Crippen molar-refractivity contribution in [3.05, 3.63) is 0 Å². The molecule has 0 aliphatic carbocycles. The maximum absolute atomic E-state index is 12.2. The van der Waals surface area contributed by atoms with E-state index in [0.29, 0.717) is 6.04 Å². The fraction of sp³-hybridized carbons (Fsp3) is 0.917. The van der Waals surface area contributed by atoms with E-state index in [-0.39, 0.29) is 11.9 Å². The van der Waals surface area contributed by atoms with Gasteiger partial charge in [0.25, 0.3) is 0 Å². The second kappa shape index (κ2) is 6.86. The van der Waals surface area contributed by atoms with Crippen molar-refractivity contribution in [3.63, 3.8) is 0 Å². The second-order valence-electron chi connectivity index (χ2n) is 4.57. The topological polar surface area (TPSA) is 58.4 Å². The Morgan fingerprint density at radius 1 is 1.50 bits per heavy atom. The summed E-state index contributed by atoms with van der Waals surface area (Å²) >= 11 is 0. The van der Waals surface area contributed by atoms with Crippen LogP contribution in [0.5, 0.6) is 0 Å². The van der Waals surface area contributed by atoms with Crippen LogP contribution in [-0.4, -0.2) is 42.5 Å². The lowest BCUT2D eigenvalue weighted by Crippen LogP contribution is -2.49. The highest BCUT2D eigenvalue weighted by Gasteiger charge is 2.28. The van der Waals surface area contributed by atoms with Crippen molar-refractivity contribution in [1.82, 2.24) is 10.2 Å². The zero-order chi connectivity index (χ0) is 12.0. The Hall–Kier alpha value is -0.610. The van der Waals surface area contributed by atoms with Crippen molar-refractivity contribution in [3.8, 4) is 0 Å². The summed E-state index contributed by atoms with van der Waals surface area (Å²) in [4.78, 5) is 14.2. The summed E-state index contributed by atoms with van der Waals surface area (Å²) in [5.41, 5.74) is 5.91. The fourth-order valence-electron chi connectivity index (χ4n) is 2.27. The number of hydrogen-bond acceptors (Lipinski definition) is 3. The van der Waals surface area contributed by atoms with E-state index in [0.717, 1.165) is 45.3 Å². The van der Waals surface area contributed by atoms with Gasteiger partial charge in [0, 0.05) is 19.1 Å². The molecule has 0 aromatic rings. The summed E-state index contributed by atoms with van der Waals surface area (Å²) in [7, 11) is 0. The highest BCUT2D eigenvalue weighted by Crippen LogP contribution is 2.12. The Kier molecular flexibility index (Phi) is 5.77. The predicted molar refractivity (Wildman–Crippen MR) is 66.2 cm³/mol. The summed E-state index contributed by atoms with van der Waals surface area (Å²) in [6, 6.07) is 0.0486. The minimum atomic E-state index is -0.308. The molecule has 4 heteroatoms. The number of amides is 1. The van der Waals surface area contributed by atoms with Crippen molar-refractivity contribution >= 4 is 5.91 Å². The molecule has 1 aliphatic rings. The molecule has 94 valence electrons. The third-order valence-electron chi connectivity index (χ3n) is 3.14. The van der Waals surface area contributed by atoms with Gasteiger partial charge in [-0.2, -0.15) is 0 Å². The average Bonchev–Trinajstić information content (AvgIpc) is 2.78. The molecule has 1 saturated heterocycles. The zero-order valence-corrected chi connectivity index (χ0v) is 10.5. The third kappa shape index (κ3) is 3.46. The molecule has 0 saturated carbocycles. The molecule has 0 aromatic carbocycles. The van der Waals surface area contributed by atoms with Crippen LogP contribution in [0.1, 0.15) is 39.5 Å². The van der Waals surface area contributed by atoms with Gasteiger partial charge in [-0.1, -0.05) is 20.3 Å². The van der Waals surface area contributed by atoms with Gasteiger partial charge in [-0.25, -0.2) is 0 Å². The smallest absolute Gasteiger partial charge is 0.239 e. The van der Waals surface area contributed by atoms with Gasteiger partial charge in [-0.05, 0) is 25.8 Å². The third-order valence-corrected chi connectivity index (χ3v) is 3.14. The van der Waals surface area contributed by atoms with Crippen molar-refractivity contribution in [2.45, 2.75) is 51.6 Å². The van der Waals surface area contributed by atoms with E-state index in [9.17, 15) is 4.79 Å². The quantitative estimate of drug-likeness (QED) is 0.703. The van der Waals surface area contributed by atoms with Gasteiger partial charge < -0.3 is 16.0 Å². The number of nitrogens with zero attached hydrogens (tertiary/aromatic N) is 1. The minimum absolute atomic E-state index is 0.136. The molecule has 1 fully saturated rings. The van der Waals surface area contributed by atoms with Crippen LogP contribution in [-0.2, 0) is 4.79 Å². The van der Waals surface area contributed by atoms with Crippen LogP contribution >= 0.6 is 0 Å². The van der Waals surface area contributed by atoms with Gasteiger partial charge in [-0.15, -0.1) is 0 Å². The molecule has 1 rings (SSSR count). The van der Waals surface area contributed by atoms with Gasteiger partial charge in [0.05, 0.1) is 6.04 Å². The molecule has 1 aliphatic heterocycles. The number of nitrogens with two attached hydrogens (primary N) is 1. The lowest BCUT2D eigenvalue weighted by Gasteiger charge is -2.30. The summed E-state index contributed by atoms with van der Waals surface area (Å²) in [6.07, 6.45) is 3.82. The SMILES string of the molecule is CCCC(N)C(=O)N(CCC)C1CCNC1. The summed E-state index contributed by atoms with van der Waals surface area (Å²) in [5.74, 6) is 0.136. The van der Waals surface area contributed by atoms with E-state index >= 15 is 0 Å². The first-order valence-corrected chi connectivity index (χ1v) is 6.47. The lowest BCUT2D eigenvalue weighted by molar-refractivity contribution is -0.134. The van der Waals surface area contributed by atoms with Gasteiger partial charge >= 0.3 is 0 Å². The Morgan fingerprint density at radius 2 is 2.25 bits per heavy atom. The lowest BCUT2D eigenvalue weighted by atomic mass is 10.1. The zero-order valence-electron chi connectivity index (χ0n) is 10.5. The number of rotatable bonds is 6. The molecule has 0 bridgehead atoms. The highest BCUT2D eigenvalue weighted by molar-refractivity contribution is 5.82. The molecule has 0 aromatic heterocycles. The maximum Gasteiger partial charge on any atom is 0.239 e. The Balaban J connectivity index is 2.56. The first kappa shape index (κ1) is 13.5. The van der Waals surface area contributed by atoms with E-state index in [4.69, 9.17) is 5.73 Å². The number of hydrogen-bond donors (Lipinski definition) is 2. The summed E-state index contributed by atoms with van der Waals surface area (Å²) in [6.45, 7) is 6.94. The minimum Gasteiger partial charge on any atom is -0.337 e. The predicted octanol–water partition coefficient (Wildman–Crippen LogP) is 0.714. The van der Waals surface area contributed by atoms with Crippen LogP contribution in [0.15, 0.2) is 0 Å². The molecule has 1 heterocycles. The van der Waals surface area contributed by atoms with E-state index in [2.05, 4.69) is 19.2 Å². The normalized spacial score (nSPS) is 22.1. The number of nitrogens with one attached hydrogen (secondary N) is 1. The van der Waals surface area contributed by atoms with Crippen LogP contribution in [0.2, 0.25) is 0 Å². The van der Waals surface area contributed by atoms with Crippen LogP contribution in [0.25, 0.3) is 0 Å². The van der Waals surface area contributed by atoms with Gasteiger partial charge in [-0.3, -0.25) is 4.79 Å². The first-order chi connectivity index (χ1) is 7.70. The first-order valence-electron chi connectivity index (χ1n) is 6.47. The molecule has 2 unspecified atom stereocenters. The molecule has 16 heavy (non-hydrogen) atoms. The molecular formula is C12H25N3O. The Labute approximate surface area is 98.6 Å². The largest absolute Gasteiger partial charge is 0.337 e. The maximum atomic E-state index is 12.2. The van der Waals surface area contributed by atoms with E-state index in [1.165, 1.54) is 0 Å². The van der Waals surface area contributed by atoms with Crippen LogP contribution in [0, 0.1) is 0 Å². The van der Waals surface area contributed by atoms with Crippen molar-refractivity contribution in [2.75, 3.05) is 19.6 Å². The monoisotopic (exact) mass is 227 g/mol. The second-order valence-corrected chi connectivity index (χ2v) is 4.57. The Morgan fingerprint density at radius 3 is 2.75 bits per heavy atom. The van der Waals surface area contributed by atoms with Gasteiger partial charge in [0.15, 0.2) is 0 Å². The van der Waals surface area contributed by atoms with Gasteiger partial charge in [0.2, 0.25) is 5.91 Å². The molecule has 2 atom stereocenters. The molecule has 1 amide bonds. The van der Waals surface area contributed by atoms with Crippen molar-refractivity contribution in [1.29, 1.82) is 0 Å². The van der Waals surface area contributed by atoms with Crippen LogP contribution < -0.4 is 11.1 Å². The van der Waals surface area contributed by atoms with Crippen molar-refractivity contribution < 1.29 is 4.79 Å². The van der Waals surface area contributed by atoms with E-state index < -0.39 is 0 Å². The van der Waals surface area contributed by atoms with Gasteiger partial charge in [0.1, 0.15) is 0 Å². The average molecular weight is 227 g/mol. The Bertz CT molecular complexity index is 214. The molecule has 3 N–H and O–H groups in total. The summed E-state index contributed by atoms with van der Waals surface area (Å²) < 4.78 is 0. The van der Waals surface area contributed by atoms with Crippen molar-refractivity contribution in [2.24, 2.45) is 5.73 Å². The fourth-order valence-corrected chi connectivity index (χ4v) is 2.27. The van der Waals surface area contributed by atoms with E-state index in [1.54, 1.807) is 0 Å². The molecular weight excluding hydrogens is 202 g/mol. The molecule has 0 radical (unpaired) electrons.